The van der Waals surface area contributed by atoms with Gasteiger partial charge in [0, 0.05) is 4.88 Å². The first-order valence-corrected chi connectivity index (χ1v) is 9.08. The van der Waals surface area contributed by atoms with E-state index < -0.39 is 23.8 Å². The number of alkyl halides is 3. The van der Waals surface area contributed by atoms with Gasteiger partial charge in [-0.25, -0.2) is 0 Å². The van der Waals surface area contributed by atoms with E-state index in [9.17, 15) is 18.0 Å². The molecule has 1 aromatic heterocycles. The van der Waals surface area contributed by atoms with Gasteiger partial charge in [-0.05, 0) is 48.6 Å². The number of rotatable bonds is 5. The largest absolute Gasteiger partial charge is 0.494 e. The third-order valence-electron chi connectivity index (χ3n) is 4.02. The summed E-state index contributed by atoms with van der Waals surface area (Å²) in [5.41, 5.74) is -0.0811. The summed E-state index contributed by atoms with van der Waals surface area (Å²) >= 11 is 1.50. The summed E-state index contributed by atoms with van der Waals surface area (Å²) in [6.07, 6.45) is -4.26. The van der Waals surface area contributed by atoms with Crippen molar-refractivity contribution in [3.8, 4) is 5.75 Å². The molecule has 3 rings (SSSR count). The Morgan fingerprint density at radius 3 is 2.92 bits per heavy atom. The van der Waals surface area contributed by atoms with Crippen molar-refractivity contribution in [3.05, 3.63) is 45.6 Å². The van der Waals surface area contributed by atoms with Crippen LogP contribution in [0.1, 0.15) is 35.5 Å². The molecular formula is C18H18F3NO3S. The van der Waals surface area contributed by atoms with E-state index in [0.29, 0.717) is 6.61 Å². The maximum absolute atomic E-state index is 13.3. The molecule has 1 aliphatic rings. The van der Waals surface area contributed by atoms with Gasteiger partial charge in [-0.2, -0.15) is 13.2 Å². The predicted molar refractivity (Wildman–Crippen MR) is 92.6 cm³/mol. The number of thiophene rings is 1. The van der Waals surface area contributed by atoms with Crippen LogP contribution in [0.25, 0.3) is 0 Å². The van der Waals surface area contributed by atoms with Gasteiger partial charge >= 0.3 is 6.18 Å². The van der Waals surface area contributed by atoms with Crippen molar-refractivity contribution in [1.82, 2.24) is 0 Å². The second-order valence-electron chi connectivity index (χ2n) is 5.81. The van der Waals surface area contributed by atoms with Gasteiger partial charge in [-0.1, -0.05) is 0 Å². The fourth-order valence-corrected chi connectivity index (χ4v) is 3.87. The third kappa shape index (κ3) is 4.19. The van der Waals surface area contributed by atoms with Gasteiger partial charge in [0.25, 0.3) is 0 Å². The van der Waals surface area contributed by atoms with E-state index >= 15 is 0 Å². The molecule has 4 nitrogen and oxygen atoms in total. The smallest absolute Gasteiger partial charge is 0.418 e. The summed E-state index contributed by atoms with van der Waals surface area (Å²) in [6, 6.07) is 5.50. The van der Waals surface area contributed by atoms with Crippen molar-refractivity contribution < 1.29 is 27.4 Å². The minimum atomic E-state index is -4.60. The van der Waals surface area contributed by atoms with E-state index in [4.69, 9.17) is 9.47 Å². The van der Waals surface area contributed by atoms with Gasteiger partial charge in [0.2, 0.25) is 5.91 Å². The van der Waals surface area contributed by atoms with Crippen LogP contribution in [0.5, 0.6) is 5.75 Å². The molecule has 2 heterocycles. The van der Waals surface area contributed by atoms with Crippen LogP contribution in [-0.4, -0.2) is 19.1 Å². The molecule has 1 unspecified atom stereocenters. The van der Waals surface area contributed by atoms with Gasteiger partial charge in [0.15, 0.2) is 0 Å². The lowest BCUT2D eigenvalue weighted by molar-refractivity contribution is -0.137. The SMILES string of the molecule is CCOc1ccc(NC(=O)CC2OCCc3ccsc32)c(C(F)(F)F)c1. The Morgan fingerprint density at radius 2 is 2.19 bits per heavy atom. The van der Waals surface area contributed by atoms with Crippen LogP contribution in [0.15, 0.2) is 29.6 Å². The molecule has 140 valence electrons. The van der Waals surface area contributed by atoms with Crippen molar-refractivity contribution in [2.24, 2.45) is 0 Å². The summed E-state index contributed by atoms with van der Waals surface area (Å²) in [5.74, 6) is -0.414. The number of anilines is 1. The number of fused-ring (bicyclic) bond motifs is 1. The van der Waals surface area contributed by atoms with Crippen LogP contribution in [0, 0.1) is 0 Å². The Labute approximate surface area is 152 Å². The molecule has 0 radical (unpaired) electrons. The number of benzene rings is 1. The van der Waals surface area contributed by atoms with Crippen LogP contribution in [0.2, 0.25) is 0 Å². The zero-order valence-electron chi connectivity index (χ0n) is 14.1. The third-order valence-corrected chi connectivity index (χ3v) is 5.07. The number of hydrogen-bond acceptors (Lipinski definition) is 4. The average Bonchev–Trinajstić information content (AvgIpc) is 3.05. The number of ether oxygens (including phenoxy) is 2. The fraction of sp³-hybridized carbons (Fsp3) is 0.389. The van der Waals surface area contributed by atoms with E-state index in [1.165, 1.54) is 23.5 Å². The first kappa shape index (κ1) is 18.7. The highest BCUT2D eigenvalue weighted by atomic mass is 32.1. The van der Waals surface area contributed by atoms with Gasteiger partial charge < -0.3 is 14.8 Å². The number of nitrogens with one attached hydrogen (secondary N) is 1. The van der Waals surface area contributed by atoms with E-state index in [1.54, 1.807) is 6.92 Å². The molecule has 0 saturated heterocycles. The van der Waals surface area contributed by atoms with Crippen molar-refractivity contribution in [1.29, 1.82) is 0 Å². The molecular weight excluding hydrogens is 367 g/mol. The molecule has 0 fully saturated rings. The van der Waals surface area contributed by atoms with Gasteiger partial charge in [-0.3, -0.25) is 4.79 Å². The molecule has 0 spiro atoms. The number of amides is 1. The number of carbonyl (C=O) groups excluding carboxylic acids is 1. The Bertz CT molecular complexity index is 788. The minimum absolute atomic E-state index is 0.0297. The molecule has 26 heavy (non-hydrogen) atoms. The highest BCUT2D eigenvalue weighted by Crippen LogP contribution is 2.38. The zero-order chi connectivity index (χ0) is 18.7. The Kier molecular flexibility index (Phi) is 5.52. The number of halogens is 3. The topological polar surface area (TPSA) is 47.6 Å². The molecule has 2 aromatic rings. The maximum atomic E-state index is 13.3. The van der Waals surface area contributed by atoms with Crippen LogP contribution < -0.4 is 10.1 Å². The van der Waals surface area contributed by atoms with Gasteiger partial charge in [0.1, 0.15) is 11.9 Å². The van der Waals surface area contributed by atoms with E-state index in [-0.39, 0.29) is 24.5 Å². The lowest BCUT2D eigenvalue weighted by atomic mass is 10.1. The van der Waals surface area contributed by atoms with Crippen molar-refractivity contribution in [3.63, 3.8) is 0 Å². The minimum Gasteiger partial charge on any atom is -0.494 e. The fourth-order valence-electron chi connectivity index (χ4n) is 2.87. The molecule has 1 atom stereocenters. The van der Waals surface area contributed by atoms with Crippen molar-refractivity contribution in [2.75, 3.05) is 18.5 Å². The van der Waals surface area contributed by atoms with E-state index in [0.717, 1.165) is 22.9 Å². The quantitative estimate of drug-likeness (QED) is 0.804. The summed E-state index contributed by atoms with van der Waals surface area (Å²) in [7, 11) is 0. The zero-order valence-corrected chi connectivity index (χ0v) is 14.9. The second kappa shape index (κ2) is 7.67. The summed E-state index contributed by atoms with van der Waals surface area (Å²) in [6.45, 7) is 2.44. The van der Waals surface area contributed by atoms with Crippen LogP contribution in [0.4, 0.5) is 18.9 Å². The molecule has 1 amide bonds. The highest BCUT2D eigenvalue weighted by Gasteiger charge is 2.35. The van der Waals surface area contributed by atoms with Crippen LogP contribution >= 0.6 is 11.3 Å². The predicted octanol–water partition coefficient (Wildman–Crippen LogP) is 4.81. The molecule has 0 aliphatic carbocycles. The van der Waals surface area contributed by atoms with E-state index in [1.807, 2.05) is 11.4 Å². The number of hydrogen-bond donors (Lipinski definition) is 1. The second-order valence-corrected chi connectivity index (χ2v) is 6.76. The standard InChI is InChI=1S/C18H18F3NO3S/c1-2-24-12-3-4-14(13(9-12)18(19,20)21)22-16(23)10-15-17-11(5-7-25-15)6-8-26-17/h3-4,6,8-9,15H,2,5,7,10H2,1H3,(H,22,23). The monoisotopic (exact) mass is 385 g/mol. The lowest BCUT2D eigenvalue weighted by Gasteiger charge is -2.23. The first-order chi connectivity index (χ1) is 12.4. The summed E-state index contributed by atoms with van der Waals surface area (Å²) < 4.78 is 50.7. The molecule has 0 bridgehead atoms. The van der Waals surface area contributed by atoms with Gasteiger partial charge in [-0.15, -0.1) is 11.3 Å². The van der Waals surface area contributed by atoms with Crippen LogP contribution in [0.3, 0.4) is 0 Å². The average molecular weight is 385 g/mol. The molecule has 1 N–H and O–H groups in total. The first-order valence-electron chi connectivity index (χ1n) is 8.20. The summed E-state index contributed by atoms with van der Waals surface area (Å²) in [5, 5.41) is 4.30. The normalized spacial score (nSPS) is 16.8. The highest BCUT2D eigenvalue weighted by molar-refractivity contribution is 7.10. The maximum Gasteiger partial charge on any atom is 0.418 e. The molecule has 1 aliphatic heterocycles. The van der Waals surface area contributed by atoms with Crippen molar-refractivity contribution in [2.45, 2.75) is 32.0 Å². The Balaban J connectivity index is 1.75. The van der Waals surface area contributed by atoms with Gasteiger partial charge in [0.05, 0.1) is 30.9 Å². The summed E-state index contributed by atoms with van der Waals surface area (Å²) in [4.78, 5) is 13.3. The van der Waals surface area contributed by atoms with Crippen LogP contribution in [-0.2, 0) is 22.1 Å². The van der Waals surface area contributed by atoms with Crippen molar-refractivity contribution >= 4 is 22.9 Å². The molecule has 8 heteroatoms. The molecule has 1 aromatic carbocycles. The lowest BCUT2D eigenvalue weighted by Crippen LogP contribution is -2.22. The van der Waals surface area contributed by atoms with E-state index in [2.05, 4.69) is 5.32 Å². The Hall–Kier alpha value is -2.06. The Morgan fingerprint density at radius 1 is 1.38 bits per heavy atom. The molecule has 0 saturated carbocycles. The number of carbonyl (C=O) groups is 1.